The minimum Gasteiger partial charge on any atom is -0.342 e. The number of allylic oxidation sites excluding steroid dienone is 1. The van der Waals surface area contributed by atoms with Crippen LogP contribution in [0.1, 0.15) is 26.3 Å². The molecule has 1 N–H and O–H groups in total. The van der Waals surface area contributed by atoms with Crippen LogP contribution in [-0.2, 0) is 16.6 Å². The van der Waals surface area contributed by atoms with E-state index < -0.39 is 5.41 Å². The van der Waals surface area contributed by atoms with Crippen LogP contribution in [0.3, 0.4) is 0 Å². The summed E-state index contributed by atoms with van der Waals surface area (Å²) in [4.78, 5) is 27.9. The highest BCUT2D eigenvalue weighted by molar-refractivity contribution is 6.11. The first-order valence-electron chi connectivity index (χ1n) is 8.14. The van der Waals surface area contributed by atoms with Gasteiger partial charge in [-0.25, -0.2) is 0 Å². The van der Waals surface area contributed by atoms with E-state index in [1.807, 2.05) is 56.7 Å². The molecule has 0 aliphatic carbocycles. The summed E-state index contributed by atoms with van der Waals surface area (Å²) in [5.74, 6) is -0.104. The van der Waals surface area contributed by atoms with Crippen LogP contribution in [-0.4, -0.2) is 21.7 Å². The van der Waals surface area contributed by atoms with Crippen LogP contribution in [0, 0.1) is 5.41 Å². The molecule has 0 bridgehead atoms. The second-order valence-corrected chi connectivity index (χ2v) is 7.06. The van der Waals surface area contributed by atoms with Gasteiger partial charge in [-0.15, -0.1) is 0 Å². The van der Waals surface area contributed by atoms with Gasteiger partial charge in [0.1, 0.15) is 6.29 Å². The van der Waals surface area contributed by atoms with Gasteiger partial charge < -0.3 is 9.88 Å². The normalized spacial score (nSPS) is 12.2. The molecule has 0 atom stereocenters. The molecule has 0 saturated heterocycles. The second kappa shape index (κ2) is 6.16. The lowest BCUT2D eigenvalue weighted by Gasteiger charge is -2.19. The summed E-state index contributed by atoms with van der Waals surface area (Å²) in [5, 5.41) is 3.98. The highest BCUT2D eigenvalue weighted by Crippen LogP contribution is 2.33. The third kappa shape index (κ3) is 2.93. The van der Waals surface area contributed by atoms with Gasteiger partial charge in [-0.2, -0.15) is 0 Å². The molecule has 0 aliphatic heterocycles. The van der Waals surface area contributed by atoms with Gasteiger partial charge in [0, 0.05) is 23.4 Å². The van der Waals surface area contributed by atoms with E-state index in [9.17, 15) is 9.59 Å². The number of carbonyl (C=O) groups is 2. The first-order valence-corrected chi connectivity index (χ1v) is 8.14. The third-order valence-electron chi connectivity index (χ3n) is 4.22. The van der Waals surface area contributed by atoms with Gasteiger partial charge in [-0.1, -0.05) is 39.0 Å². The fourth-order valence-corrected chi connectivity index (χ4v) is 2.85. The van der Waals surface area contributed by atoms with E-state index in [1.165, 1.54) is 6.08 Å². The van der Waals surface area contributed by atoms with Crippen molar-refractivity contribution in [1.29, 1.82) is 0 Å². The summed E-state index contributed by atoms with van der Waals surface area (Å²) in [6, 6.07) is 7.99. The highest BCUT2D eigenvalue weighted by Gasteiger charge is 2.23. The van der Waals surface area contributed by atoms with Crippen LogP contribution in [0.2, 0.25) is 0 Å². The molecule has 0 aliphatic rings. The van der Waals surface area contributed by atoms with E-state index in [1.54, 1.807) is 12.3 Å². The zero-order valence-electron chi connectivity index (χ0n) is 14.8. The number of aldehydes is 1. The van der Waals surface area contributed by atoms with Crippen LogP contribution < -0.4 is 5.32 Å². The predicted octanol–water partition coefficient (Wildman–Crippen LogP) is 3.92. The Balaban J connectivity index is 2.30. The standard InChI is InChI=1S/C20H21N3O2/c1-20(2,3)19(25)22-15-12-21-17-14-8-5-6-10-16(14)23(4)18(17)13(15)9-7-11-24/h5-12H,1-4H3,(H,22,25)/b9-7-. The van der Waals surface area contributed by atoms with Crippen molar-refractivity contribution in [2.75, 3.05) is 5.32 Å². The SMILES string of the molecule is Cn1c2ccccc2c2ncc(NC(=O)C(C)(C)C)c(/C=C\C=O)c21. The summed E-state index contributed by atoms with van der Waals surface area (Å²) in [6.45, 7) is 5.56. The minimum atomic E-state index is -0.528. The fourth-order valence-electron chi connectivity index (χ4n) is 2.85. The maximum atomic E-state index is 12.4. The van der Waals surface area contributed by atoms with Crippen LogP contribution >= 0.6 is 0 Å². The Kier molecular flexibility index (Phi) is 4.17. The fraction of sp³-hybridized carbons (Fsp3) is 0.250. The van der Waals surface area contributed by atoms with E-state index in [0.29, 0.717) is 5.69 Å². The predicted molar refractivity (Wildman–Crippen MR) is 101 cm³/mol. The number of fused-ring (bicyclic) bond motifs is 3. The number of carbonyl (C=O) groups excluding carboxylic acids is 2. The first-order chi connectivity index (χ1) is 11.8. The number of para-hydroxylation sites is 1. The summed E-state index contributed by atoms with van der Waals surface area (Å²) in [5.41, 5.74) is 3.61. The molecule has 0 saturated carbocycles. The number of amides is 1. The number of rotatable bonds is 3. The molecule has 0 unspecified atom stereocenters. The summed E-state index contributed by atoms with van der Waals surface area (Å²) < 4.78 is 2.04. The van der Waals surface area contributed by atoms with Crippen LogP contribution in [0.25, 0.3) is 28.0 Å². The van der Waals surface area contributed by atoms with E-state index in [0.717, 1.165) is 33.8 Å². The Morgan fingerprint density at radius 3 is 2.64 bits per heavy atom. The molecule has 25 heavy (non-hydrogen) atoms. The number of benzene rings is 1. The first kappa shape index (κ1) is 16.9. The number of nitrogens with one attached hydrogen (secondary N) is 1. The van der Waals surface area contributed by atoms with Gasteiger partial charge in [0.15, 0.2) is 0 Å². The summed E-state index contributed by atoms with van der Waals surface area (Å²) in [6.07, 6.45) is 5.53. The van der Waals surface area contributed by atoms with Gasteiger partial charge in [0.25, 0.3) is 0 Å². The number of aromatic nitrogens is 2. The number of nitrogens with zero attached hydrogens (tertiary/aromatic N) is 2. The van der Waals surface area contributed by atoms with Crippen molar-refractivity contribution in [3.8, 4) is 0 Å². The van der Waals surface area contributed by atoms with E-state index in [2.05, 4.69) is 10.3 Å². The molecule has 128 valence electrons. The molecule has 5 heteroatoms. The molecular weight excluding hydrogens is 314 g/mol. The van der Waals surface area contributed by atoms with Crippen molar-refractivity contribution in [3.63, 3.8) is 0 Å². The minimum absolute atomic E-state index is 0.104. The Labute approximate surface area is 146 Å². The van der Waals surface area contributed by atoms with Gasteiger partial charge in [0.2, 0.25) is 5.91 Å². The highest BCUT2D eigenvalue weighted by atomic mass is 16.2. The lowest BCUT2D eigenvalue weighted by Crippen LogP contribution is -2.28. The quantitative estimate of drug-likeness (QED) is 0.583. The molecule has 2 heterocycles. The second-order valence-electron chi connectivity index (χ2n) is 7.06. The van der Waals surface area contributed by atoms with Gasteiger partial charge >= 0.3 is 0 Å². The Morgan fingerprint density at radius 1 is 1.24 bits per heavy atom. The molecule has 1 aromatic carbocycles. The zero-order valence-corrected chi connectivity index (χ0v) is 14.8. The van der Waals surface area contributed by atoms with Gasteiger partial charge in [-0.3, -0.25) is 14.6 Å². The van der Waals surface area contributed by atoms with E-state index in [4.69, 9.17) is 0 Å². The monoisotopic (exact) mass is 335 g/mol. The smallest absolute Gasteiger partial charge is 0.229 e. The maximum Gasteiger partial charge on any atom is 0.229 e. The van der Waals surface area contributed by atoms with Crippen molar-refractivity contribution in [3.05, 3.63) is 42.1 Å². The molecule has 0 radical (unpaired) electrons. The molecular formula is C20H21N3O2. The van der Waals surface area contributed by atoms with Gasteiger partial charge in [-0.05, 0) is 18.2 Å². The summed E-state index contributed by atoms with van der Waals surface area (Å²) in [7, 11) is 1.96. The van der Waals surface area contributed by atoms with Crippen LogP contribution in [0.5, 0.6) is 0 Å². The molecule has 2 aromatic heterocycles. The average Bonchev–Trinajstić information content (AvgIpc) is 2.86. The third-order valence-corrected chi connectivity index (χ3v) is 4.22. The molecule has 0 fully saturated rings. The van der Waals surface area contributed by atoms with Crippen molar-refractivity contribution in [2.45, 2.75) is 20.8 Å². The Morgan fingerprint density at radius 2 is 1.96 bits per heavy atom. The molecule has 0 spiro atoms. The number of aryl methyl sites for hydroxylation is 1. The van der Waals surface area contributed by atoms with Crippen molar-refractivity contribution in [2.24, 2.45) is 12.5 Å². The van der Waals surface area contributed by atoms with Crippen molar-refractivity contribution < 1.29 is 9.59 Å². The zero-order chi connectivity index (χ0) is 18.2. The largest absolute Gasteiger partial charge is 0.342 e. The average molecular weight is 335 g/mol. The lowest BCUT2D eigenvalue weighted by molar-refractivity contribution is -0.123. The lowest BCUT2D eigenvalue weighted by atomic mass is 9.95. The Hall–Kier alpha value is -2.95. The molecule has 5 nitrogen and oxygen atoms in total. The number of anilines is 1. The molecule has 3 aromatic rings. The van der Waals surface area contributed by atoms with E-state index in [-0.39, 0.29) is 5.91 Å². The number of hydrogen-bond acceptors (Lipinski definition) is 3. The van der Waals surface area contributed by atoms with Crippen molar-refractivity contribution in [1.82, 2.24) is 9.55 Å². The van der Waals surface area contributed by atoms with E-state index >= 15 is 0 Å². The van der Waals surface area contributed by atoms with Gasteiger partial charge in [0.05, 0.1) is 28.4 Å². The number of pyridine rings is 1. The molecule has 1 amide bonds. The maximum absolute atomic E-state index is 12.4. The van der Waals surface area contributed by atoms with Crippen molar-refractivity contribution >= 4 is 45.9 Å². The Bertz CT molecular complexity index is 1010. The number of hydrogen-bond donors (Lipinski definition) is 1. The van der Waals surface area contributed by atoms with Crippen LogP contribution in [0.15, 0.2) is 36.5 Å². The van der Waals surface area contributed by atoms with Crippen LogP contribution in [0.4, 0.5) is 5.69 Å². The summed E-state index contributed by atoms with van der Waals surface area (Å²) >= 11 is 0. The molecule has 3 rings (SSSR count). The topological polar surface area (TPSA) is 64.0 Å².